The molecule has 0 aliphatic carbocycles. The van der Waals surface area contributed by atoms with Gasteiger partial charge in [-0.05, 0) is 20.8 Å². The monoisotopic (exact) mass is 173 g/mol. The Bertz CT molecular complexity index is 97.6. The van der Waals surface area contributed by atoms with Gasteiger partial charge in [0, 0.05) is 17.1 Å². The van der Waals surface area contributed by atoms with E-state index in [9.17, 15) is 4.79 Å². The van der Waals surface area contributed by atoms with Crippen LogP contribution in [0, 0.1) is 0 Å². The summed E-state index contributed by atoms with van der Waals surface area (Å²) in [5, 5.41) is 0. The van der Waals surface area contributed by atoms with Crippen LogP contribution in [0.4, 0.5) is 4.79 Å². The molecule has 0 aliphatic rings. The molecule has 1 amide bonds. The van der Waals surface area contributed by atoms with Crippen molar-refractivity contribution in [2.45, 2.75) is 26.4 Å². The molecule has 56 valence electrons. The second-order valence-corrected chi connectivity index (χ2v) is 2.53. The molecule has 0 bridgehead atoms. The van der Waals surface area contributed by atoms with Gasteiger partial charge in [-0.15, -0.1) is 0 Å². The maximum absolute atomic E-state index is 10.0. The number of hydrogen-bond donors (Lipinski definition) is 1. The summed E-state index contributed by atoms with van der Waals surface area (Å²) in [6.45, 7) is 5.28. The first kappa shape index (κ1) is 11.6. The number of rotatable bonds is 0. The molecule has 0 aliphatic heterocycles. The van der Waals surface area contributed by atoms with Gasteiger partial charge in [0.25, 0.3) is 0 Å². The Labute approximate surface area is 65.4 Å². The molecule has 0 aromatic heterocycles. The minimum atomic E-state index is -0.725. The SMILES string of the molecule is CC(C)(C)OC(N)=O.[Fe]. The number of hydrogen-bond acceptors (Lipinski definition) is 2. The van der Waals surface area contributed by atoms with Crippen LogP contribution < -0.4 is 5.73 Å². The quantitative estimate of drug-likeness (QED) is 0.552. The molecule has 0 radical (unpaired) electrons. The molecule has 0 spiro atoms. The van der Waals surface area contributed by atoms with Gasteiger partial charge in [0.1, 0.15) is 5.60 Å². The molecule has 0 heterocycles. The van der Waals surface area contributed by atoms with Crippen molar-refractivity contribution in [2.24, 2.45) is 5.73 Å². The smallest absolute Gasteiger partial charge is 0.405 e. The van der Waals surface area contributed by atoms with Crippen molar-refractivity contribution in [3.63, 3.8) is 0 Å². The van der Waals surface area contributed by atoms with Crippen molar-refractivity contribution >= 4 is 6.09 Å². The first-order chi connectivity index (χ1) is 3.42. The Hall–Kier alpha value is -0.211. The third kappa shape index (κ3) is 11.4. The summed E-state index contributed by atoms with van der Waals surface area (Å²) in [6.07, 6.45) is -0.725. The van der Waals surface area contributed by atoms with Crippen LogP contribution in [0.25, 0.3) is 0 Å². The van der Waals surface area contributed by atoms with Gasteiger partial charge in [-0.25, -0.2) is 4.79 Å². The first-order valence-corrected chi connectivity index (χ1v) is 2.40. The van der Waals surface area contributed by atoms with Crippen molar-refractivity contribution in [2.75, 3.05) is 0 Å². The normalized spacial score (nSPS) is 9.67. The van der Waals surface area contributed by atoms with E-state index in [1.54, 1.807) is 20.8 Å². The number of ether oxygens (including phenoxy) is 1. The van der Waals surface area contributed by atoms with E-state index in [1.807, 2.05) is 0 Å². The number of carbonyl (C=O) groups excluding carboxylic acids is 1. The minimum Gasteiger partial charge on any atom is -0.444 e. The fourth-order valence-electron chi connectivity index (χ4n) is 0.302. The van der Waals surface area contributed by atoms with E-state index in [0.29, 0.717) is 0 Å². The van der Waals surface area contributed by atoms with Gasteiger partial charge in [0.15, 0.2) is 0 Å². The van der Waals surface area contributed by atoms with Gasteiger partial charge in [-0.2, -0.15) is 0 Å². The van der Waals surface area contributed by atoms with Crippen LogP contribution >= 0.6 is 0 Å². The maximum Gasteiger partial charge on any atom is 0.405 e. The average Bonchev–Trinajstić information content (AvgIpc) is 1.21. The summed E-state index contributed by atoms with van der Waals surface area (Å²) in [7, 11) is 0. The van der Waals surface area contributed by atoms with E-state index in [2.05, 4.69) is 4.74 Å². The Morgan fingerprint density at radius 1 is 1.44 bits per heavy atom. The van der Waals surface area contributed by atoms with Gasteiger partial charge in [-0.3, -0.25) is 0 Å². The number of amides is 1. The zero-order valence-electron chi connectivity index (χ0n) is 5.75. The molecule has 4 heteroatoms. The predicted molar refractivity (Wildman–Crippen MR) is 30.4 cm³/mol. The molecule has 2 N–H and O–H groups in total. The number of nitrogens with two attached hydrogens (primary N) is 1. The van der Waals surface area contributed by atoms with Crippen molar-refractivity contribution in [1.29, 1.82) is 0 Å². The van der Waals surface area contributed by atoms with Crippen LogP contribution in [-0.2, 0) is 21.8 Å². The summed E-state index contributed by atoms with van der Waals surface area (Å²) in [5.74, 6) is 0. The number of primary amides is 1. The molecular formula is C5H11FeNO2. The predicted octanol–water partition coefficient (Wildman–Crippen LogP) is 0.878. The fourth-order valence-corrected chi connectivity index (χ4v) is 0.302. The van der Waals surface area contributed by atoms with Gasteiger partial charge in [-0.1, -0.05) is 0 Å². The summed E-state index contributed by atoms with van der Waals surface area (Å²) in [5.41, 5.74) is 4.26. The van der Waals surface area contributed by atoms with Crippen LogP contribution in [0.2, 0.25) is 0 Å². The Morgan fingerprint density at radius 3 is 1.78 bits per heavy atom. The summed E-state index contributed by atoms with van der Waals surface area (Å²) in [4.78, 5) is 10.0. The zero-order chi connectivity index (χ0) is 6.78. The Morgan fingerprint density at radius 2 is 1.78 bits per heavy atom. The van der Waals surface area contributed by atoms with Crippen molar-refractivity contribution in [3.8, 4) is 0 Å². The van der Waals surface area contributed by atoms with Gasteiger partial charge >= 0.3 is 6.09 Å². The van der Waals surface area contributed by atoms with Crippen LogP contribution in [0.15, 0.2) is 0 Å². The van der Waals surface area contributed by atoms with Crippen molar-refractivity contribution in [3.05, 3.63) is 0 Å². The summed E-state index contributed by atoms with van der Waals surface area (Å²) >= 11 is 0. The molecular weight excluding hydrogens is 162 g/mol. The van der Waals surface area contributed by atoms with Crippen LogP contribution in [0.3, 0.4) is 0 Å². The average molecular weight is 173 g/mol. The van der Waals surface area contributed by atoms with E-state index in [1.165, 1.54) is 0 Å². The molecule has 0 atom stereocenters. The molecule has 0 rings (SSSR count). The molecule has 0 aromatic carbocycles. The van der Waals surface area contributed by atoms with Crippen LogP contribution in [0.1, 0.15) is 20.8 Å². The molecule has 0 saturated heterocycles. The largest absolute Gasteiger partial charge is 0.444 e. The van der Waals surface area contributed by atoms with Gasteiger partial charge in [0.2, 0.25) is 0 Å². The van der Waals surface area contributed by atoms with E-state index in [0.717, 1.165) is 0 Å². The molecule has 0 fully saturated rings. The van der Waals surface area contributed by atoms with Crippen LogP contribution in [0.5, 0.6) is 0 Å². The standard InChI is InChI=1S/C5H11NO2.Fe/c1-5(2,3)8-4(6)7;/h1-3H3,(H2,6,7);. The van der Waals surface area contributed by atoms with E-state index < -0.39 is 11.7 Å². The van der Waals surface area contributed by atoms with E-state index in [-0.39, 0.29) is 17.1 Å². The Kier molecular flexibility index (Phi) is 4.82. The second kappa shape index (κ2) is 3.75. The molecule has 3 nitrogen and oxygen atoms in total. The van der Waals surface area contributed by atoms with E-state index in [4.69, 9.17) is 5.73 Å². The molecule has 0 saturated carbocycles. The molecule has 9 heavy (non-hydrogen) atoms. The minimum absolute atomic E-state index is 0. The first-order valence-electron chi connectivity index (χ1n) is 2.40. The van der Waals surface area contributed by atoms with Gasteiger partial charge in [0.05, 0.1) is 0 Å². The third-order valence-corrected chi connectivity index (χ3v) is 0.407. The third-order valence-electron chi connectivity index (χ3n) is 0.407. The number of carbonyl (C=O) groups is 1. The van der Waals surface area contributed by atoms with Crippen LogP contribution in [-0.4, -0.2) is 11.7 Å². The topological polar surface area (TPSA) is 52.3 Å². The fraction of sp³-hybridized carbons (Fsp3) is 0.800. The zero-order valence-corrected chi connectivity index (χ0v) is 6.85. The summed E-state index contributed by atoms with van der Waals surface area (Å²) < 4.78 is 4.58. The second-order valence-electron chi connectivity index (χ2n) is 2.53. The summed E-state index contributed by atoms with van der Waals surface area (Å²) in [6, 6.07) is 0. The van der Waals surface area contributed by atoms with E-state index >= 15 is 0 Å². The van der Waals surface area contributed by atoms with Gasteiger partial charge < -0.3 is 10.5 Å². The molecule has 0 unspecified atom stereocenters. The molecule has 0 aromatic rings. The van der Waals surface area contributed by atoms with Crippen molar-refractivity contribution in [1.82, 2.24) is 0 Å². The van der Waals surface area contributed by atoms with Crippen molar-refractivity contribution < 1.29 is 26.6 Å². The maximum atomic E-state index is 10.0. The Balaban J connectivity index is 0.